The predicted octanol–water partition coefficient (Wildman–Crippen LogP) is 6.45. The van der Waals surface area contributed by atoms with Crippen molar-refractivity contribution < 1.29 is 19.1 Å². The molecule has 0 fully saturated rings. The first-order valence-corrected chi connectivity index (χ1v) is 12.5. The van der Waals surface area contributed by atoms with Crippen LogP contribution in [-0.2, 0) is 4.79 Å². The molecule has 2 heterocycles. The van der Waals surface area contributed by atoms with Gasteiger partial charge in [-0.2, -0.15) is 0 Å². The fraction of sp³-hybridized carbons (Fsp3) is 0.129. The summed E-state index contributed by atoms with van der Waals surface area (Å²) in [4.78, 5) is 30.0. The molecule has 3 aromatic carbocycles. The third-order valence-electron chi connectivity index (χ3n) is 6.62. The molecular weight excluding hydrogens is 495 g/mol. The van der Waals surface area contributed by atoms with Gasteiger partial charge in [0.2, 0.25) is 0 Å². The molecule has 2 aromatic heterocycles. The molecule has 196 valence electrons. The molecule has 7 nitrogen and oxygen atoms in total. The Bertz CT molecular complexity index is 1640. The number of nitrogens with zero attached hydrogens (tertiary/aromatic N) is 2. The van der Waals surface area contributed by atoms with Gasteiger partial charge in [0.15, 0.2) is 5.65 Å². The molecule has 8 heteroatoms. The number of aromatic nitrogens is 2. The van der Waals surface area contributed by atoms with Gasteiger partial charge in [0.1, 0.15) is 17.3 Å². The number of nitrogens with one attached hydrogen (secondary N) is 2. The Morgan fingerprint density at radius 1 is 0.923 bits per heavy atom. The molecule has 0 saturated heterocycles. The molecule has 0 bridgehead atoms. The number of halogens is 1. The van der Waals surface area contributed by atoms with Crippen LogP contribution in [0.3, 0.4) is 0 Å². The first-order chi connectivity index (χ1) is 18.8. The van der Waals surface area contributed by atoms with Crippen molar-refractivity contribution in [2.24, 2.45) is 0 Å². The van der Waals surface area contributed by atoms with Crippen molar-refractivity contribution in [1.82, 2.24) is 14.7 Å². The Balaban J connectivity index is 1.60. The van der Waals surface area contributed by atoms with Crippen LogP contribution in [0.25, 0.3) is 16.9 Å². The number of carboxylic acids is 1. The lowest BCUT2D eigenvalue weighted by atomic mass is 10.0. The lowest BCUT2D eigenvalue weighted by molar-refractivity contribution is -0.137. The minimum Gasteiger partial charge on any atom is -0.481 e. The maximum atomic E-state index is 13.6. The van der Waals surface area contributed by atoms with Gasteiger partial charge >= 0.3 is 5.97 Å². The summed E-state index contributed by atoms with van der Waals surface area (Å²) in [6.45, 7) is 4.05. The fourth-order valence-corrected chi connectivity index (χ4v) is 4.65. The van der Waals surface area contributed by atoms with Crippen molar-refractivity contribution >= 4 is 29.0 Å². The number of hydrogen-bond donors (Lipinski definition) is 3. The second-order valence-corrected chi connectivity index (χ2v) is 9.36. The van der Waals surface area contributed by atoms with Crippen LogP contribution in [0.1, 0.15) is 39.5 Å². The number of aliphatic carboxylic acids is 1. The number of imidazole rings is 1. The summed E-state index contributed by atoms with van der Waals surface area (Å²) in [6.07, 6.45) is 1.47. The number of benzene rings is 3. The van der Waals surface area contributed by atoms with E-state index in [1.165, 1.54) is 24.3 Å². The lowest BCUT2D eigenvalue weighted by Crippen LogP contribution is -2.30. The average Bonchev–Trinajstić information content (AvgIpc) is 3.29. The monoisotopic (exact) mass is 522 g/mol. The molecule has 5 aromatic rings. The maximum absolute atomic E-state index is 13.6. The molecule has 1 atom stereocenters. The Morgan fingerprint density at radius 2 is 1.62 bits per heavy atom. The minimum atomic E-state index is -1.09. The fourth-order valence-electron chi connectivity index (χ4n) is 4.65. The Kier molecular flexibility index (Phi) is 7.10. The third-order valence-corrected chi connectivity index (χ3v) is 6.62. The zero-order valence-electron chi connectivity index (χ0n) is 21.5. The molecule has 39 heavy (non-hydrogen) atoms. The first-order valence-electron chi connectivity index (χ1n) is 12.5. The molecule has 0 aliphatic rings. The molecule has 0 saturated carbocycles. The Hall–Kier alpha value is -4.98. The topological polar surface area (TPSA) is 95.7 Å². The van der Waals surface area contributed by atoms with Crippen molar-refractivity contribution in [2.75, 3.05) is 5.32 Å². The van der Waals surface area contributed by atoms with Crippen molar-refractivity contribution in [1.29, 1.82) is 0 Å². The highest BCUT2D eigenvalue weighted by Crippen LogP contribution is 2.34. The minimum absolute atomic E-state index is 0.279. The second kappa shape index (κ2) is 10.8. The average molecular weight is 523 g/mol. The van der Waals surface area contributed by atoms with Crippen LogP contribution in [0.4, 0.5) is 15.9 Å². The van der Waals surface area contributed by atoms with Gasteiger partial charge in [0.05, 0.1) is 18.0 Å². The van der Waals surface area contributed by atoms with Crippen LogP contribution in [0.2, 0.25) is 0 Å². The highest BCUT2D eigenvalue weighted by atomic mass is 19.1. The number of rotatable bonds is 8. The van der Waals surface area contributed by atoms with E-state index in [0.717, 1.165) is 22.4 Å². The van der Waals surface area contributed by atoms with Crippen molar-refractivity contribution in [3.8, 4) is 11.3 Å². The number of anilines is 2. The number of amides is 1. The van der Waals surface area contributed by atoms with E-state index in [-0.39, 0.29) is 12.0 Å². The normalized spacial score (nSPS) is 11.8. The van der Waals surface area contributed by atoms with Gasteiger partial charge < -0.3 is 15.7 Å². The first kappa shape index (κ1) is 25.7. The Morgan fingerprint density at radius 3 is 2.28 bits per heavy atom. The highest BCUT2D eigenvalue weighted by Gasteiger charge is 2.24. The van der Waals surface area contributed by atoms with Crippen LogP contribution < -0.4 is 10.6 Å². The molecule has 0 aliphatic carbocycles. The summed E-state index contributed by atoms with van der Waals surface area (Å²) < 4.78 is 15.3. The molecule has 1 amide bonds. The number of carbonyl (C=O) groups is 2. The summed E-state index contributed by atoms with van der Waals surface area (Å²) in [6, 6.07) is 23.7. The summed E-state index contributed by atoms with van der Waals surface area (Å²) in [7, 11) is 0. The van der Waals surface area contributed by atoms with Crippen LogP contribution in [0.5, 0.6) is 0 Å². The van der Waals surface area contributed by atoms with E-state index < -0.39 is 23.7 Å². The maximum Gasteiger partial charge on any atom is 0.305 e. The van der Waals surface area contributed by atoms with E-state index in [1.807, 2.05) is 73.0 Å². The molecular formula is C31H27FN4O3. The van der Waals surface area contributed by atoms with Crippen molar-refractivity contribution in [3.63, 3.8) is 0 Å². The molecule has 0 aliphatic heterocycles. The molecule has 1 unspecified atom stereocenters. The number of para-hydroxylation sites is 1. The van der Waals surface area contributed by atoms with Crippen LogP contribution >= 0.6 is 0 Å². The van der Waals surface area contributed by atoms with Gasteiger partial charge in [-0.3, -0.25) is 14.0 Å². The standard InChI is InChI=1S/C31H27FN4O3/c1-19-8-6-9-20(2)27(19)34-30-28(22-10-4-3-5-11-22)35-29-24(12-7-17-36(29)30)31(39)33-25(18-26(37)38)21-13-15-23(32)16-14-21/h3-17,25,34H,18H2,1-2H3,(H,33,39)(H,37,38). The number of pyridine rings is 1. The van der Waals surface area contributed by atoms with Gasteiger partial charge in [0, 0.05) is 17.4 Å². The van der Waals surface area contributed by atoms with E-state index in [2.05, 4.69) is 10.6 Å². The number of aryl methyl sites for hydroxylation is 2. The van der Waals surface area contributed by atoms with E-state index in [1.54, 1.807) is 12.1 Å². The number of carbonyl (C=O) groups excluding carboxylic acids is 1. The predicted molar refractivity (Wildman–Crippen MR) is 149 cm³/mol. The smallest absolute Gasteiger partial charge is 0.305 e. The number of carboxylic acid groups (broad SMARTS) is 1. The van der Waals surface area contributed by atoms with E-state index >= 15 is 0 Å². The van der Waals surface area contributed by atoms with Gasteiger partial charge in [-0.05, 0) is 54.8 Å². The third kappa shape index (κ3) is 5.36. The SMILES string of the molecule is Cc1cccc(C)c1Nc1c(-c2ccccc2)nc2c(C(=O)NC(CC(=O)O)c3ccc(F)cc3)cccn12. The van der Waals surface area contributed by atoms with Gasteiger partial charge in [-0.25, -0.2) is 9.37 Å². The molecule has 0 spiro atoms. The summed E-state index contributed by atoms with van der Waals surface area (Å²) in [5, 5.41) is 15.8. The second-order valence-electron chi connectivity index (χ2n) is 9.36. The van der Waals surface area contributed by atoms with Crippen LogP contribution in [-0.4, -0.2) is 26.4 Å². The van der Waals surface area contributed by atoms with Crippen LogP contribution in [0, 0.1) is 19.7 Å². The molecule has 3 N–H and O–H groups in total. The highest BCUT2D eigenvalue weighted by molar-refractivity contribution is 6.01. The molecule has 5 rings (SSSR count). The number of hydrogen-bond acceptors (Lipinski definition) is 4. The van der Waals surface area contributed by atoms with Gasteiger partial charge in [-0.1, -0.05) is 60.7 Å². The van der Waals surface area contributed by atoms with E-state index in [9.17, 15) is 19.1 Å². The zero-order valence-corrected chi connectivity index (χ0v) is 21.5. The number of fused-ring (bicyclic) bond motifs is 1. The quantitative estimate of drug-likeness (QED) is 0.218. The van der Waals surface area contributed by atoms with Gasteiger partial charge in [-0.15, -0.1) is 0 Å². The van der Waals surface area contributed by atoms with Crippen molar-refractivity contribution in [2.45, 2.75) is 26.3 Å². The molecule has 0 radical (unpaired) electrons. The Labute approximate surface area is 225 Å². The van der Waals surface area contributed by atoms with E-state index in [0.29, 0.717) is 22.7 Å². The lowest BCUT2D eigenvalue weighted by Gasteiger charge is -2.18. The summed E-state index contributed by atoms with van der Waals surface area (Å²) >= 11 is 0. The zero-order chi connectivity index (χ0) is 27.5. The summed E-state index contributed by atoms with van der Waals surface area (Å²) in [5.41, 5.74) is 5.80. The van der Waals surface area contributed by atoms with E-state index in [4.69, 9.17) is 4.98 Å². The van der Waals surface area contributed by atoms with Crippen LogP contribution in [0.15, 0.2) is 91.1 Å². The summed E-state index contributed by atoms with van der Waals surface area (Å²) in [5.74, 6) is -1.32. The van der Waals surface area contributed by atoms with Gasteiger partial charge in [0.25, 0.3) is 5.91 Å². The van der Waals surface area contributed by atoms with Crippen molar-refractivity contribution in [3.05, 3.63) is 119 Å². The largest absolute Gasteiger partial charge is 0.481 e.